The molecule has 2 heterocycles. The van der Waals surface area contributed by atoms with Crippen LogP contribution in [0, 0.1) is 5.92 Å². The molecular weight excluding hydrogens is 328 g/mol. The summed E-state index contributed by atoms with van der Waals surface area (Å²) in [6, 6.07) is 1.61. The monoisotopic (exact) mass is 346 g/mol. The molecule has 0 radical (unpaired) electrons. The minimum atomic E-state index is -3.61. The summed E-state index contributed by atoms with van der Waals surface area (Å²) in [5.74, 6) is 0.460. The fourth-order valence-electron chi connectivity index (χ4n) is 1.75. The zero-order chi connectivity index (χ0) is 15.5. The molecule has 0 atom stereocenters. The summed E-state index contributed by atoms with van der Waals surface area (Å²) in [5, 5.41) is 13.8. The lowest BCUT2D eigenvalue weighted by Crippen LogP contribution is -2.15. The van der Waals surface area contributed by atoms with Crippen molar-refractivity contribution in [2.45, 2.75) is 31.7 Å². The lowest BCUT2D eigenvalue weighted by atomic mass is 10.1. The highest BCUT2D eigenvalue weighted by Crippen LogP contribution is 2.26. The van der Waals surface area contributed by atoms with Gasteiger partial charge in [-0.2, -0.15) is 0 Å². The molecule has 2 N–H and O–H groups in total. The van der Waals surface area contributed by atoms with Crippen LogP contribution in [-0.4, -0.2) is 25.7 Å². The van der Waals surface area contributed by atoms with Gasteiger partial charge in [0.05, 0.1) is 0 Å². The lowest BCUT2D eigenvalue weighted by molar-refractivity contribution is 0.600. The van der Waals surface area contributed by atoms with Crippen molar-refractivity contribution in [3.63, 3.8) is 0 Å². The fraction of sp³-hybridized carbons (Fsp3) is 0.500. The molecule has 0 aliphatic carbocycles. The van der Waals surface area contributed by atoms with E-state index in [1.165, 1.54) is 22.7 Å². The first-order valence-corrected chi connectivity index (χ1v) is 9.66. The van der Waals surface area contributed by atoms with E-state index in [4.69, 9.17) is 0 Å². The highest BCUT2D eigenvalue weighted by Gasteiger charge is 2.21. The number of nitrogens with one attached hydrogen (secondary N) is 2. The Morgan fingerprint density at radius 3 is 2.76 bits per heavy atom. The fourth-order valence-corrected chi connectivity index (χ4v) is 5.39. The molecular formula is C12H18N4O2S3. The number of sulfonamides is 1. The van der Waals surface area contributed by atoms with E-state index in [9.17, 15) is 8.42 Å². The summed E-state index contributed by atoms with van der Waals surface area (Å²) < 4.78 is 27.3. The van der Waals surface area contributed by atoms with Gasteiger partial charge in [-0.15, -0.1) is 21.5 Å². The van der Waals surface area contributed by atoms with Gasteiger partial charge in [-0.3, -0.25) is 4.72 Å². The third-order valence-electron chi connectivity index (χ3n) is 2.60. The van der Waals surface area contributed by atoms with Gasteiger partial charge >= 0.3 is 0 Å². The molecule has 116 valence electrons. The molecule has 0 fully saturated rings. The van der Waals surface area contributed by atoms with E-state index in [1.807, 2.05) is 0 Å². The second-order valence-electron chi connectivity index (χ2n) is 4.94. The van der Waals surface area contributed by atoms with E-state index in [1.54, 1.807) is 18.5 Å². The number of nitrogens with zero attached hydrogens (tertiary/aromatic N) is 2. The minimum absolute atomic E-state index is 0.294. The number of aromatic nitrogens is 2. The molecule has 0 spiro atoms. The van der Waals surface area contributed by atoms with Gasteiger partial charge in [0.1, 0.15) is 9.90 Å². The van der Waals surface area contributed by atoms with Crippen LogP contribution in [0.25, 0.3) is 0 Å². The maximum absolute atomic E-state index is 12.4. The van der Waals surface area contributed by atoms with E-state index in [0.29, 0.717) is 22.5 Å². The quantitative estimate of drug-likeness (QED) is 0.804. The molecule has 0 bridgehead atoms. The Labute approximate surface area is 132 Å². The Morgan fingerprint density at radius 1 is 1.33 bits per heavy atom. The topological polar surface area (TPSA) is 84.0 Å². The Balaban J connectivity index is 2.17. The van der Waals surface area contributed by atoms with Crippen LogP contribution >= 0.6 is 22.7 Å². The van der Waals surface area contributed by atoms with E-state index >= 15 is 0 Å². The Bertz CT molecular complexity index is 691. The van der Waals surface area contributed by atoms with E-state index in [2.05, 4.69) is 34.1 Å². The summed E-state index contributed by atoms with van der Waals surface area (Å²) in [4.78, 5) is 1.07. The summed E-state index contributed by atoms with van der Waals surface area (Å²) in [7, 11) is -1.83. The average molecular weight is 347 g/mol. The highest BCUT2D eigenvalue weighted by atomic mass is 32.2. The average Bonchev–Trinajstić information content (AvgIpc) is 2.98. The van der Waals surface area contributed by atoms with Crippen LogP contribution in [0.1, 0.15) is 23.7 Å². The van der Waals surface area contributed by atoms with E-state index < -0.39 is 10.0 Å². The molecule has 6 nitrogen and oxygen atoms in total. The first-order valence-electron chi connectivity index (χ1n) is 6.48. The van der Waals surface area contributed by atoms with Crippen LogP contribution in [0.15, 0.2) is 16.3 Å². The van der Waals surface area contributed by atoms with Crippen molar-refractivity contribution in [1.82, 2.24) is 15.5 Å². The van der Waals surface area contributed by atoms with Crippen LogP contribution in [0.5, 0.6) is 0 Å². The molecule has 0 amide bonds. The third-order valence-corrected chi connectivity index (χ3v) is 6.07. The molecule has 0 unspecified atom stereocenters. The van der Waals surface area contributed by atoms with Crippen molar-refractivity contribution in [3.05, 3.63) is 21.3 Å². The molecule has 0 saturated carbocycles. The van der Waals surface area contributed by atoms with Gasteiger partial charge in [0.15, 0.2) is 0 Å². The van der Waals surface area contributed by atoms with Crippen molar-refractivity contribution in [2.75, 3.05) is 11.8 Å². The number of hydrogen-bond acceptors (Lipinski definition) is 7. The van der Waals surface area contributed by atoms with Gasteiger partial charge in [-0.25, -0.2) is 8.42 Å². The summed E-state index contributed by atoms with van der Waals surface area (Å²) in [5.41, 5.74) is 0. The zero-order valence-electron chi connectivity index (χ0n) is 12.1. The third kappa shape index (κ3) is 4.22. The van der Waals surface area contributed by atoms with Gasteiger partial charge in [0.2, 0.25) is 5.13 Å². The largest absolute Gasteiger partial charge is 0.315 e. The molecule has 2 aromatic rings. The second kappa shape index (κ2) is 6.82. The van der Waals surface area contributed by atoms with E-state index in [-0.39, 0.29) is 0 Å². The van der Waals surface area contributed by atoms with Crippen molar-refractivity contribution < 1.29 is 8.42 Å². The second-order valence-corrected chi connectivity index (χ2v) is 8.66. The molecule has 21 heavy (non-hydrogen) atoms. The molecule has 2 aromatic heterocycles. The van der Waals surface area contributed by atoms with E-state index in [0.717, 1.165) is 16.3 Å². The number of anilines is 1. The first-order chi connectivity index (χ1) is 9.92. The van der Waals surface area contributed by atoms with Crippen LogP contribution in [0.2, 0.25) is 0 Å². The van der Waals surface area contributed by atoms with Crippen molar-refractivity contribution >= 4 is 37.8 Å². The summed E-state index contributed by atoms with van der Waals surface area (Å²) >= 11 is 2.69. The SMILES string of the molecule is CNCc1sccc1S(=O)(=O)Nc1nnc(CC(C)C)s1. The smallest absolute Gasteiger partial charge is 0.264 e. The lowest BCUT2D eigenvalue weighted by Gasteiger charge is -2.05. The molecule has 0 aliphatic rings. The van der Waals surface area contributed by atoms with Crippen molar-refractivity contribution in [1.29, 1.82) is 0 Å². The van der Waals surface area contributed by atoms with Crippen LogP contribution < -0.4 is 10.0 Å². The summed E-state index contributed by atoms with van der Waals surface area (Å²) in [6.45, 7) is 4.68. The predicted molar refractivity (Wildman–Crippen MR) is 86.3 cm³/mol. The standard InChI is InChI=1S/C12H18N4O2S3/c1-8(2)6-11-14-15-12(20-11)16-21(17,18)10-4-5-19-9(10)7-13-3/h4-5,8,13H,6-7H2,1-3H3,(H,15,16). The van der Waals surface area contributed by atoms with Crippen LogP contribution in [0.3, 0.4) is 0 Å². The summed E-state index contributed by atoms with van der Waals surface area (Å²) in [6.07, 6.45) is 0.794. The van der Waals surface area contributed by atoms with Crippen molar-refractivity contribution in [2.24, 2.45) is 5.92 Å². The number of rotatable bonds is 7. The Hall–Kier alpha value is -1.03. The maximum atomic E-state index is 12.4. The maximum Gasteiger partial charge on any atom is 0.264 e. The van der Waals surface area contributed by atoms with Gasteiger partial charge in [0.25, 0.3) is 10.0 Å². The predicted octanol–water partition coefficient (Wildman–Crippen LogP) is 2.32. The molecule has 0 saturated heterocycles. The van der Waals surface area contributed by atoms with Crippen LogP contribution in [0.4, 0.5) is 5.13 Å². The highest BCUT2D eigenvalue weighted by molar-refractivity contribution is 7.93. The van der Waals surface area contributed by atoms with Gasteiger partial charge in [-0.1, -0.05) is 25.2 Å². The Kier molecular flexibility index (Phi) is 5.31. The molecule has 2 rings (SSSR count). The number of hydrogen-bond donors (Lipinski definition) is 2. The zero-order valence-corrected chi connectivity index (χ0v) is 14.5. The molecule has 0 aromatic carbocycles. The number of thiophene rings is 1. The normalized spacial score (nSPS) is 12.0. The first kappa shape index (κ1) is 16.3. The van der Waals surface area contributed by atoms with Gasteiger partial charge in [0, 0.05) is 17.8 Å². The minimum Gasteiger partial charge on any atom is -0.315 e. The van der Waals surface area contributed by atoms with Crippen molar-refractivity contribution in [3.8, 4) is 0 Å². The molecule has 9 heteroatoms. The molecule has 0 aliphatic heterocycles. The van der Waals surface area contributed by atoms with Gasteiger partial charge < -0.3 is 5.32 Å². The van der Waals surface area contributed by atoms with Gasteiger partial charge in [-0.05, 0) is 24.4 Å². The van der Waals surface area contributed by atoms with Crippen LogP contribution in [-0.2, 0) is 23.0 Å². The Morgan fingerprint density at radius 2 is 2.10 bits per heavy atom.